The minimum atomic E-state index is -0.272. The molecular formula is C127H138O3. The van der Waals surface area contributed by atoms with Gasteiger partial charge in [0.15, 0.2) is 5.78 Å². The fraction of sp³-hybridized carbons (Fsp3) is 0.244. The lowest BCUT2D eigenvalue weighted by Gasteiger charge is -2.33. The third-order valence-electron chi connectivity index (χ3n) is 25.8. The van der Waals surface area contributed by atoms with Gasteiger partial charge in [-0.3, -0.25) is 4.79 Å². The van der Waals surface area contributed by atoms with Crippen molar-refractivity contribution in [2.45, 2.75) is 201 Å². The molecule has 0 bridgehead atoms. The molecule has 0 aromatic heterocycles. The van der Waals surface area contributed by atoms with Gasteiger partial charge in [0.05, 0.1) is 12.7 Å². The van der Waals surface area contributed by atoms with Gasteiger partial charge in [-0.2, -0.15) is 0 Å². The number of fused-ring (bicyclic) bond motifs is 1. The Bertz CT molecular complexity index is 6110. The maximum Gasteiger partial charge on any atom is 0.337 e. The van der Waals surface area contributed by atoms with Gasteiger partial charge in [0.25, 0.3) is 0 Å². The van der Waals surface area contributed by atoms with Crippen LogP contribution in [0.2, 0.25) is 0 Å². The van der Waals surface area contributed by atoms with E-state index in [4.69, 9.17) is 0 Å². The van der Waals surface area contributed by atoms with Crippen LogP contribution >= 0.6 is 0 Å². The largest absolute Gasteiger partial charge is 0.465 e. The number of carbonyl (C=O) groups excluding carboxylic acids is 2. The predicted octanol–water partition coefficient (Wildman–Crippen LogP) is 32.9. The van der Waals surface area contributed by atoms with E-state index in [1.54, 1.807) is 0 Å². The van der Waals surface area contributed by atoms with Crippen molar-refractivity contribution in [3.8, 4) is 0 Å². The van der Waals surface area contributed by atoms with Crippen molar-refractivity contribution in [3.05, 3.63) is 541 Å². The highest BCUT2D eigenvalue weighted by atomic mass is 16.5. The molecule has 0 saturated carbocycles. The van der Waals surface area contributed by atoms with E-state index >= 15 is 0 Å². The molecular weight excluding hydrogens is 1570 g/mol. The minimum Gasteiger partial charge on any atom is -0.465 e. The molecule has 0 aliphatic carbocycles. The van der Waals surface area contributed by atoms with Gasteiger partial charge in [-0.15, -0.1) is 0 Å². The third-order valence-corrected chi connectivity index (χ3v) is 25.8. The molecule has 0 N–H and O–H groups in total. The number of methoxy groups -OCH3 is 1. The molecule has 3 nitrogen and oxygen atoms in total. The maximum absolute atomic E-state index is 12.4. The second kappa shape index (κ2) is 45.8. The van der Waals surface area contributed by atoms with Gasteiger partial charge in [-0.25, -0.2) is 4.79 Å². The summed E-state index contributed by atoms with van der Waals surface area (Å²) in [6.45, 7) is 51.6. The summed E-state index contributed by atoms with van der Waals surface area (Å²) in [5, 5.41) is 2.64. The molecule has 0 fully saturated rings. The number of aryl methyl sites for hydroxylation is 16. The Labute approximate surface area is 780 Å². The Hall–Kier alpha value is -13.1. The molecule has 16 aromatic rings. The first kappa shape index (κ1) is 99.1. The van der Waals surface area contributed by atoms with E-state index in [0.717, 1.165) is 35.1 Å². The zero-order valence-corrected chi connectivity index (χ0v) is 82.2. The first-order chi connectivity index (χ1) is 61.9. The summed E-state index contributed by atoms with van der Waals surface area (Å²) in [4.78, 5) is 23.6. The molecule has 0 spiro atoms. The van der Waals surface area contributed by atoms with E-state index in [-0.39, 0.29) is 28.0 Å². The van der Waals surface area contributed by atoms with Crippen molar-refractivity contribution < 1.29 is 14.3 Å². The van der Waals surface area contributed by atoms with Crippen LogP contribution in [0.25, 0.3) is 10.8 Å². The van der Waals surface area contributed by atoms with Crippen molar-refractivity contribution in [2.24, 2.45) is 0 Å². The van der Waals surface area contributed by atoms with Gasteiger partial charge >= 0.3 is 5.97 Å². The number of ether oxygens (including phenoxy) is 1. The van der Waals surface area contributed by atoms with Crippen LogP contribution in [0.4, 0.5) is 0 Å². The van der Waals surface area contributed by atoms with Crippen LogP contribution in [0.15, 0.2) is 352 Å². The van der Waals surface area contributed by atoms with Crippen molar-refractivity contribution in [3.63, 3.8) is 0 Å². The number of hydrogen-bond acceptors (Lipinski definition) is 3. The highest BCUT2D eigenvalue weighted by molar-refractivity contribution is 6.09. The van der Waals surface area contributed by atoms with E-state index in [2.05, 4.69) is 433 Å². The van der Waals surface area contributed by atoms with Gasteiger partial charge in [0, 0.05) is 27.4 Å². The van der Waals surface area contributed by atoms with Crippen LogP contribution in [0, 0.1) is 125 Å². The molecule has 0 atom stereocenters. The Kier molecular flexibility index (Phi) is 34.9. The van der Waals surface area contributed by atoms with Gasteiger partial charge in [-0.1, -0.05) is 422 Å². The van der Waals surface area contributed by atoms with Crippen LogP contribution in [0.3, 0.4) is 0 Å². The molecule has 16 aromatic carbocycles. The van der Waals surface area contributed by atoms with E-state index in [1.165, 1.54) is 179 Å². The molecule has 0 aliphatic heterocycles. The molecule has 0 amide bonds. The number of ketones is 1. The quantitative estimate of drug-likeness (QED) is 0.0550. The Balaban J connectivity index is 0.000000163. The third kappa shape index (κ3) is 27.0. The fourth-order valence-corrected chi connectivity index (χ4v) is 16.6. The number of carbonyl (C=O) groups is 2. The number of benzene rings is 16. The number of rotatable bonds is 16. The molecule has 0 aliphatic rings. The predicted molar refractivity (Wildman–Crippen MR) is 557 cm³/mol. The normalized spacial score (nSPS) is 11.0. The highest BCUT2D eigenvalue weighted by Gasteiger charge is 2.34. The first-order valence-electron chi connectivity index (χ1n) is 46.0. The molecule has 0 saturated heterocycles. The molecule has 0 heterocycles. The lowest BCUT2D eigenvalue weighted by atomic mass is 9.70. The monoisotopic (exact) mass is 1710 g/mol. The van der Waals surface area contributed by atoms with Crippen molar-refractivity contribution >= 4 is 22.5 Å². The van der Waals surface area contributed by atoms with Crippen molar-refractivity contribution in [1.82, 2.24) is 0 Å². The van der Waals surface area contributed by atoms with Gasteiger partial charge in [-0.05, 0) is 298 Å². The average Bonchev–Trinajstić information content (AvgIpc) is 0.753. The summed E-state index contributed by atoms with van der Waals surface area (Å²) in [7, 11) is 1.40. The molecule has 664 valence electrons. The van der Waals surface area contributed by atoms with Gasteiger partial charge < -0.3 is 4.74 Å². The first-order valence-corrected chi connectivity index (χ1v) is 46.0. The molecule has 0 radical (unpaired) electrons. The minimum absolute atomic E-state index is 0.0453. The number of hydrogen-bond donors (Lipinski definition) is 0. The lowest BCUT2D eigenvalue weighted by molar-refractivity contribution is 0.0600. The summed E-state index contributed by atoms with van der Waals surface area (Å²) in [5.74, 6) is 0.480. The van der Waals surface area contributed by atoms with E-state index in [0.29, 0.717) is 11.5 Å². The summed E-state index contributed by atoms with van der Waals surface area (Å²) in [6, 6.07) is 127. The second-order valence-corrected chi connectivity index (χ2v) is 37.4. The summed E-state index contributed by atoms with van der Waals surface area (Å²) in [6.07, 6.45) is 2.01. The Morgan fingerprint density at radius 3 is 0.854 bits per heavy atom. The summed E-state index contributed by atoms with van der Waals surface area (Å²) in [5.41, 5.74) is 42.0. The van der Waals surface area contributed by atoms with Crippen molar-refractivity contribution in [2.75, 3.05) is 7.11 Å². The Morgan fingerprint density at radius 2 is 0.523 bits per heavy atom. The lowest BCUT2D eigenvalue weighted by Crippen LogP contribution is -2.26. The van der Waals surface area contributed by atoms with Crippen LogP contribution in [-0.2, 0) is 33.8 Å². The fourth-order valence-electron chi connectivity index (χ4n) is 16.6. The zero-order valence-electron chi connectivity index (χ0n) is 82.2. The zero-order chi connectivity index (χ0) is 94.2. The molecule has 3 heteroatoms. The van der Waals surface area contributed by atoms with E-state index in [9.17, 15) is 9.59 Å². The SMILES string of the molecule is COC(=O)c1cc(C)c(C)c(C)c1.Cc1ccc(C(=O)c2cc(C)c(C)c(C)c2)cc1.Cc1ccc(C(C)(C)c2ccc(C(C)(c3ccc(C)cc3)c3ccc(C)cc3)cc2)cc1.Cc1ccc(C(C)(c2ccc(C)cc2)c2ccc(C)cc2)cc1.Cc1ccc(C(C)C)cc1.Cc1ccc2ccccc2c1.Cc1cccc(Cc2cc(C)cc(Cc3cccc(C)c3)c2)c1. The van der Waals surface area contributed by atoms with Crippen molar-refractivity contribution in [1.29, 1.82) is 0 Å². The molecule has 0 unspecified atom stereocenters. The topological polar surface area (TPSA) is 43.4 Å². The van der Waals surface area contributed by atoms with Gasteiger partial charge in [0.1, 0.15) is 0 Å². The Morgan fingerprint density at radius 1 is 0.246 bits per heavy atom. The van der Waals surface area contributed by atoms with E-state index < -0.39 is 0 Å². The molecule has 130 heavy (non-hydrogen) atoms. The van der Waals surface area contributed by atoms with Crippen LogP contribution in [0.1, 0.15) is 246 Å². The van der Waals surface area contributed by atoms with Gasteiger partial charge in [0.2, 0.25) is 0 Å². The van der Waals surface area contributed by atoms with Crippen LogP contribution in [0.5, 0.6) is 0 Å². The summed E-state index contributed by atoms with van der Waals surface area (Å²) >= 11 is 0. The van der Waals surface area contributed by atoms with Crippen LogP contribution in [-0.4, -0.2) is 18.9 Å². The number of esters is 1. The molecule has 16 rings (SSSR count). The standard InChI is InChI=1S/C32H34.2C23H24.C17H18O.C11H14O2.C11H10.C10H14/c1-23-7-13-26(14-8-23)31(4,5)27-19-21-30(22-20-27)32(6,28-15-9-24(2)10-16-28)29-17-11-25(3)12-18-29;1-17-5-11-20(12-6-17)23(4,21-13-7-18(2)8-14-21)22-15-9-19(3)10-16-22;1-17-6-4-8-20(10-17)14-22-12-19(3)13-23(16-22)15-21-9-5-7-18(2)11-21;1-11-5-7-15(8-6-11)17(18)16-9-12(2)14(4)13(3)10-16;1-7-5-10(11(12)13-4)6-8(2)9(7)3;1-9-6-7-10-4-2-3-5-11(10)8-9;1-8(2)10-6-4-9(3)5-7-10/h7-22H,1-6H3;5-16H,1-4H3;4-13,16H,14-15H2,1-3H3;5-10H,1-4H3;5-6H,1-4H3;2-8H,1H3;4-8H,1-3H3. The van der Waals surface area contributed by atoms with E-state index in [1.807, 2.05) is 90.1 Å². The highest BCUT2D eigenvalue weighted by Crippen LogP contribution is 2.43. The summed E-state index contributed by atoms with van der Waals surface area (Å²) < 4.78 is 4.65. The average molecular weight is 1710 g/mol. The second-order valence-electron chi connectivity index (χ2n) is 37.4. The maximum atomic E-state index is 12.4. The smallest absolute Gasteiger partial charge is 0.337 e. The van der Waals surface area contributed by atoms with Crippen LogP contribution < -0.4 is 0 Å².